The monoisotopic (exact) mass is 290 g/mol. The normalized spacial score (nSPS) is 14.7. The van der Waals surface area contributed by atoms with Gasteiger partial charge in [0.25, 0.3) is 0 Å². The Bertz CT molecular complexity index is 524. The van der Waals surface area contributed by atoms with E-state index in [0.29, 0.717) is 6.07 Å². The van der Waals surface area contributed by atoms with Crippen LogP contribution in [0.25, 0.3) is 0 Å². The van der Waals surface area contributed by atoms with Crippen molar-refractivity contribution < 1.29 is 26.0 Å². The van der Waals surface area contributed by atoms with Gasteiger partial charge in [-0.25, -0.2) is 12.8 Å². The summed E-state index contributed by atoms with van der Waals surface area (Å²) < 4.78 is 72.5. The summed E-state index contributed by atoms with van der Waals surface area (Å²) in [4.78, 5) is 0. The highest BCUT2D eigenvalue weighted by Gasteiger charge is 2.49. The second-order valence-corrected chi connectivity index (χ2v) is 6.12. The summed E-state index contributed by atoms with van der Waals surface area (Å²) in [5, 5.41) is -2.92. The van der Waals surface area contributed by atoms with Crippen molar-refractivity contribution in [2.24, 2.45) is 0 Å². The minimum Gasteiger partial charge on any atom is -0.211 e. The predicted molar refractivity (Wildman–Crippen MR) is 54.7 cm³/mol. The third-order valence-electron chi connectivity index (χ3n) is 2.08. The molecule has 0 aliphatic rings. The summed E-state index contributed by atoms with van der Waals surface area (Å²) in [7, 11) is -0.184. The third kappa shape index (κ3) is 3.32. The van der Waals surface area contributed by atoms with Crippen LogP contribution < -0.4 is 0 Å². The van der Waals surface area contributed by atoms with Crippen LogP contribution in [0.5, 0.6) is 0 Å². The topological polar surface area (TPSA) is 34.1 Å². The Labute approximate surface area is 99.6 Å². The highest BCUT2D eigenvalue weighted by molar-refractivity contribution is 8.14. The Balaban J connectivity index is 3.39. The van der Waals surface area contributed by atoms with E-state index in [1.54, 1.807) is 0 Å². The molecule has 0 aliphatic carbocycles. The Morgan fingerprint density at radius 1 is 1.29 bits per heavy atom. The van der Waals surface area contributed by atoms with E-state index < -0.39 is 31.9 Å². The van der Waals surface area contributed by atoms with E-state index >= 15 is 0 Å². The van der Waals surface area contributed by atoms with Gasteiger partial charge in [-0.15, -0.1) is 0 Å². The molecule has 2 nitrogen and oxygen atoms in total. The van der Waals surface area contributed by atoms with Gasteiger partial charge in [0.15, 0.2) is 5.25 Å². The number of rotatable bonds is 2. The molecule has 1 aromatic carbocycles. The molecule has 0 saturated carbocycles. The minimum absolute atomic E-state index is 0.113. The lowest BCUT2D eigenvalue weighted by Crippen LogP contribution is -2.26. The minimum atomic E-state index is -5.09. The van der Waals surface area contributed by atoms with Crippen molar-refractivity contribution in [3.63, 3.8) is 0 Å². The molecule has 1 rings (SSSR count). The number of aryl methyl sites for hydroxylation is 1. The lowest BCUT2D eigenvalue weighted by Gasteiger charge is -2.17. The van der Waals surface area contributed by atoms with Crippen LogP contribution in [0.15, 0.2) is 18.2 Å². The molecule has 0 spiro atoms. The maximum absolute atomic E-state index is 13.1. The lowest BCUT2D eigenvalue weighted by molar-refractivity contribution is -0.131. The lowest BCUT2D eigenvalue weighted by atomic mass is 10.1. The first-order valence-electron chi connectivity index (χ1n) is 4.29. The molecule has 0 heterocycles. The van der Waals surface area contributed by atoms with Crippen LogP contribution in [-0.4, -0.2) is 14.6 Å². The highest BCUT2D eigenvalue weighted by atomic mass is 35.7. The fourth-order valence-corrected chi connectivity index (χ4v) is 2.69. The SMILES string of the molecule is Cc1ccc(C(C(F)(F)F)S(=O)(=O)Cl)cc1F. The molecule has 0 amide bonds. The van der Waals surface area contributed by atoms with E-state index in [1.165, 1.54) is 6.92 Å². The van der Waals surface area contributed by atoms with Crippen LogP contribution in [0.4, 0.5) is 17.6 Å². The highest BCUT2D eigenvalue weighted by Crippen LogP contribution is 2.41. The second kappa shape index (κ2) is 4.45. The molecule has 0 fully saturated rings. The van der Waals surface area contributed by atoms with E-state index in [-0.39, 0.29) is 5.56 Å². The van der Waals surface area contributed by atoms with E-state index in [2.05, 4.69) is 0 Å². The van der Waals surface area contributed by atoms with Gasteiger partial charge in [0.1, 0.15) is 5.82 Å². The zero-order valence-electron chi connectivity index (χ0n) is 8.42. The first-order valence-corrected chi connectivity index (χ1v) is 6.67. The van der Waals surface area contributed by atoms with Crippen LogP contribution >= 0.6 is 10.7 Å². The smallest absolute Gasteiger partial charge is 0.211 e. The Hall–Kier alpha value is -0.820. The summed E-state index contributed by atoms with van der Waals surface area (Å²) in [5.41, 5.74) is -0.628. The molecule has 0 bridgehead atoms. The number of hydrogen-bond donors (Lipinski definition) is 0. The molecule has 0 aliphatic heterocycles. The van der Waals surface area contributed by atoms with Gasteiger partial charge in [-0.1, -0.05) is 12.1 Å². The van der Waals surface area contributed by atoms with E-state index in [0.717, 1.165) is 12.1 Å². The molecule has 8 heteroatoms. The van der Waals surface area contributed by atoms with Gasteiger partial charge < -0.3 is 0 Å². The van der Waals surface area contributed by atoms with Crippen molar-refractivity contribution in [2.75, 3.05) is 0 Å². The zero-order valence-corrected chi connectivity index (χ0v) is 10.00. The largest absolute Gasteiger partial charge is 0.410 e. The van der Waals surface area contributed by atoms with E-state index in [1.807, 2.05) is 0 Å². The molecule has 1 unspecified atom stereocenters. The summed E-state index contributed by atoms with van der Waals surface area (Å²) in [6, 6.07) is 2.47. The maximum atomic E-state index is 13.1. The van der Waals surface area contributed by atoms with Crippen LogP contribution in [0.2, 0.25) is 0 Å². The molecular weight excluding hydrogens is 284 g/mol. The van der Waals surface area contributed by atoms with Gasteiger partial charge in [0.05, 0.1) is 0 Å². The Morgan fingerprint density at radius 3 is 2.18 bits per heavy atom. The van der Waals surface area contributed by atoms with Crippen LogP contribution in [0.3, 0.4) is 0 Å². The average molecular weight is 291 g/mol. The Kier molecular flexibility index (Phi) is 3.73. The third-order valence-corrected chi connectivity index (χ3v) is 3.71. The van der Waals surface area contributed by atoms with Gasteiger partial charge in [-0.3, -0.25) is 0 Å². The van der Waals surface area contributed by atoms with Gasteiger partial charge >= 0.3 is 6.18 Å². The summed E-state index contributed by atoms with van der Waals surface area (Å²) in [6.45, 7) is 1.34. The van der Waals surface area contributed by atoms with Crippen molar-refractivity contribution >= 4 is 19.7 Å². The maximum Gasteiger partial charge on any atom is 0.410 e. The number of alkyl halides is 3. The van der Waals surface area contributed by atoms with Crippen LogP contribution in [0.1, 0.15) is 16.4 Å². The quantitative estimate of drug-likeness (QED) is 0.618. The van der Waals surface area contributed by atoms with Gasteiger partial charge in [-0.2, -0.15) is 13.2 Å². The average Bonchev–Trinajstić information content (AvgIpc) is 2.06. The molecular formula is C9H7ClF4O2S. The standard InChI is InChI=1S/C9H7ClF4O2S/c1-5-2-3-6(4-7(5)11)8(9(12,13)14)17(10,15)16/h2-4,8H,1H3. The van der Waals surface area contributed by atoms with Crippen LogP contribution in [-0.2, 0) is 9.05 Å². The Morgan fingerprint density at radius 2 is 1.82 bits per heavy atom. The molecule has 17 heavy (non-hydrogen) atoms. The zero-order chi connectivity index (χ0) is 13.4. The predicted octanol–water partition coefficient (Wildman–Crippen LogP) is 3.31. The summed E-state index contributed by atoms with van der Waals surface area (Å²) in [6.07, 6.45) is -5.09. The molecule has 1 aromatic rings. The fraction of sp³-hybridized carbons (Fsp3) is 0.333. The van der Waals surface area contributed by atoms with Crippen LogP contribution in [0, 0.1) is 12.7 Å². The van der Waals surface area contributed by atoms with E-state index in [9.17, 15) is 26.0 Å². The summed E-state index contributed by atoms with van der Waals surface area (Å²) >= 11 is 0. The van der Waals surface area contributed by atoms with E-state index in [4.69, 9.17) is 10.7 Å². The first kappa shape index (κ1) is 14.2. The molecule has 0 aromatic heterocycles. The molecule has 0 radical (unpaired) electrons. The van der Waals surface area contributed by atoms with Crippen molar-refractivity contribution in [2.45, 2.75) is 18.3 Å². The molecule has 0 N–H and O–H groups in total. The summed E-state index contributed by atoms with van der Waals surface area (Å²) in [5.74, 6) is -0.919. The molecule has 96 valence electrons. The molecule has 1 atom stereocenters. The fourth-order valence-electron chi connectivity index (χ4n) is 1.28. The number of halogens is 5. The van der Waals surface area contributed by atoms with Gasteiger partial charge in [0.2, 0.25) is 9.05 Å². The van der Waals surface area contributed by atoms with Crippen molar-refractivity contribution in [1.82, 2.24) is 0 Å². The second-order valence-electron chi connectivity index (χ2n) is 3.41. The van der Waals surface area contributed by atoms with Crippen molar-refractivity contribution in [3.05, 3.63) is 35.1 Å². The van der Waals surface area contributed by atoms with Crippen molar-refractivity contribution in [1.29, 1.82) is 0 Å². The van der Waals surface area contributed by atoms with Crippen molar-refractivity contribution in [3.8, 4) is 0 Å². The molecule has 0 saturated heterocycles. The number of benzene rings is 1. The van der Waals surface area contributed by atoms with Gasteiger partial charge in [0, 0.05) is 10.7 Å². The first-order chi connectivity index (χ1) is 7.53. The van der Waals surface area contributed by atoms with Gasteiger partial charge in [-0.05, 0) is 24.1 Å². The number of hydrogen-bond acceptors (Lipinski definition) is 2.